The molecule has 0 bridgehead atoms. The van der Waals surface area contributed by atoms with Crippen molar-refractivity contribution in [3.05, 3.63) is 33.8 Å². The van der Waals surface area contributed by atoms with Crippen LogP contribution in [0.5, 0.6) is 0 Å². The maximum atomic E-state index is 12.9. The number of hydrogen-bond donors (Lipinski definition) is 1. The molecule has 0 aromatic heterocycles. The van der Waals surface area contributed by atoms with Gasteiger partial charge in [-0.25, -0.2) is 8.78 Å². The van der Waals surface area contributed by atoms with E-state index in [0.717, 1.165) is 6.07 Å². The summed E-state index contributed by atoms with van der Waals surface area (Å²) in [5, 5.41) is 8.75. The number of halogens is 6. The Morgan fingerprint density at radius 1 is 1.33 bits per heavy atom. The molecule has 0 unspecified atom stereocenters. The topological polar surface area (TPSA) is 40.5 Å². The van der Waals surface area contributed by atoms with Gasteiger partial charge in [0.1, 0.15) is 0 Å². The van der Waals surface area contributed by atoms with Crippen molar-refractivity contribution in [2.45, 2.75) is 12.6 Å². The Bertz CT molecular complexity index is 507. The van der Waals surface area contributed by atoms with E-state index in [1.165, 1.54) is 6.07 Å². The molecule has 9 heteroatoms. The summed E-state index contributed by atoms with van der Waals surface area (Å²) in [6.45, 7) is -2.15. The van der Waals surface area contributed by atoms with Gasteiger partial charge in [0.25, 0.3) is 12.3 Å². The summed E-state index contributed by atoms with van der Waals surface area (Å²) in [7, 11) is 0. The second-order valence-electron chi connectivity index (χ2n) is 4.05. The fourth-order valence-corrected chi connectivity index (χ4v) is 2.03. The summed E-state index contributed by atoms with van der Waals surface area (Å²) < 4.78 is 63.6. The summed E-state index contributed by atoms with van der Waals surface area (Å²) in [6, 6.07) is 2.82. The Kier molecular flexibility index (Phi) is 6.09. The molecule has 118 valence electrons. The smallest absolute Gasteiger partial charge is 0.395 e. The van der Waals surface area contributed by atoms with E-state index in [-0.39, 0.29) is 4.47 Å². The molecule has 0 saturated heterocycles. The van der Waals surface area contributed by atoms with Gasteiger partial charge in [0.05, 0.1) is 24.3 Å². The predicted molar refractivity (Wildman–Crippen MR) is 68.1 cm³/mol. The number of carbonyl (C=O) groups excluding carboxylic acids is 1. The molecule has 0 fully saturated rings. The third-order valence-corrected chi connectivity index (χ3v) is 3.03. The molecule has 1 N–H and O–H groups in total. The molecule has 0 saturated carbocycles. The highest BCUT2D eigenvalue weighted by atomic mass is 79.9. The van der Waals surface area contributed by atoms with Crippen molar-refractivity contribution in [1.29, 1.82) is 0 Å². The van der Waals surface area contributed by atoms with Crippen molar-refractivity contribution >= 4 is 21.8 Å². The number of rotatable bonds is 5. The van der Waals surface area contributed by atoms with Gasteiger partial charge in [-0.2, -0.15) is 13.2 Å². The normalized spacial score (nSPS) is 11.8. The van der Waals surface area contributed by atoms with Crippen LogP contribution in [-0.2, 0) is 6.18 Å². The summed E-state index contributed by atoms with van der Waals surface area (Å²) in [5.74, 6) is -1.20. The highest BCUT2D eigenvalue weighted by Crippen LogP contribution is 2.34. The molecule has 0 aliphatic heterocycles. The highest BCUT2D eigenvalue weighted by Gasteiger charge is 2.36. The quantitative estimate of drug-likeness (QED) is 0.803. The van der Waals surface area contributed by atoms with E-state index < -0.39 is 49.3 Å². The number of alkyl halides is 5. The van der Waals surface area contributed by atoms with E-state index in [0.29, 0.717) is 11.0 Å². The van der Waals surface area contributed by atoms with Crippen LogP contribution in [0.15, 0.2) is 22.7 Å². The number of nitrogens with zero attached hydrogens (tertiary/aromatic N) is 1. The van der Waals surface area contributed by atoms with Crippen LogP contribution in [0, 0.1) is 0 Å². The SMILES string of the molecule is O=C(c1ccc(Br)cc1C(F)(F)F)N(CCO)CC(F)F. The molecule has 21 heavy (non-hydrogen) atoms. The van der Waals surface area contributed by atoms with Crippen molar-refractivity contribution in [2.24, 2.45) is 0 Å². The zero-order valence-electron chi connectivity index (χ0n) is 10.5. The zero-order chi connectivity index (χ0) is 16.2. The molecular weight excluding hydrogens is 365 g/mol. The number of hydrogen-bond acceptors (Lipinski definition) is 2. The summed E-state index contributed by atoms with van der Waals surface area (Å²) in [5.41, 5.74) is -1.96. The summed E-state index contributed by atoms with van der Waals surface area (Å²) in [6.07, 6.45) is -7.71. The predicted octanol–water partition coefficient (Wildman–Crippen LogP) is 3.17. The van der Waals surface area contributed by atoms with Gasteiger partial charge >= 0.3 is 6.18 Å². The largest absolute Gasteiger partial charge is 0.417 e. The lowest BCUT2D eigenvalue weighted by Gasteiger charge is -2.23. The van der Waals surface area contributed by atoms with Gasteiger partial charge in [-0.05, 0) is 18.2 Å². The minimum atomic E-state index is -4.80. The van der Waals surface area contributed by atoms with Crippen LogP contribution < -0.4 is 0 Å². The van der Waals surface area contributed by atoms with Crippen LogP contribution in [-0.4, -0.2) is 42.0 Å². The van der Waals surface area contributed by atoms with Gasteiger partial charge in [-0.1, -0.05) is 15.9 Å². The number of aliphatic hydroxyl groups excluding tert-OH is 1. The van der Waals surface area contributed by atoms with E-state index in [4.69, 9.17) is 5.11 Å². The maximum absolute atomic E-state index is 12.9. The first-order valence-electron chi connectivity index (χ1n) is 5.72. The Hall–Kier alpha value is -1.22. The second-order valence-corrected chi connectivity index (χ2v) is 4.97. The van der Waals surface area contributed by atoms with E-state index in [1.807, 2.05) is 0 Å². The van der Waals surface area contributed by atoms with Gasteiger partial charge in [-0.15, -0.1) is 0 Å². The fraction of sp³-hybridized carbons (Fsp3) is 0.417. The van der Waals surface area contributed by atoms with Crippen LogP contribution in [0.3, 0.4) is 0 Å². The minimum Gasteiger partial charge on any atom is -0.395 e. The summed E-state index contributed by atoms with van der Waals surface area (Å²) in [4.78, 5) is 12.5. The van der Waals surface area contributed by atoms with Gasteiger partial charge in [0.2, 0.25) is 0 Å². The molecule has 0 aliphatic carbocycles. The van der Waals surface area contributed by atoms with Crippen molar-refractivity contribution in [3.63, 3.8) is 0 Å². The third kappa shape index (κ3) is 4.92. The molecule has 1 aromatic carbocycles. The number of benzene rings is 1. The van der Waals surface area contributed by atoms with E-state index in [2.05, 4.69) is 15.9 Å². The van der Waals surface area contributed by atoms with Gasteiger partial charge in [0.15, 0.2) is 0 Å². The highest BCUT2D eigenvalue weighted by molar-refractivity contribution is 9.10. The van der Waals surface area contributed by atoms with Gasteiger partial charge in [0, 0.05) is 11.0 Å². The molecule has 1 rings (SSSR count). The zero-order valence-corrected chi connectivity index (χ0v) is 12.1. The second kappa shape index (κ2) is 7.17. The molecule has 3 nitrogen and oxygen atoms in total. The molecule has 0 heterocycles. The molecule has 1 aromatic rings. The van der Waals surface area contributed by atoms with E-state index in [9.17, 15) is 26.7 Å². The number of aliphatic hydroxyl groups is 1. The first kappa shape index (κ1) is 17.8. The average molecular weight is 376 g/mol. The van der Waals surface area contributed by atoms with Crippen LogP contribution >= 0.6 is 15.9 Å². The van der Waals surface area contributed by atoms with Crippen LogP contribution in [0.25, 0.3) is 0 Å². The van der Waals surface area contributed by atoms with Gasteiger partial charge in [-0.3, -0.25) is 4.79 Å². The van der Waals surface area contributed by atoms with Crippen molar-refractivity contribution in [3.8, 4) is 0 Å². The van der Waals surface area contributed by atoms with Crippen LogP contribution in [0.1, 0.15) is 15.9 Å². The fourth-order valence-electron chi connectivity index (χ4n) is 1.67. The van der Waals surface area contributed by atoms with E-state index in [1.54, 1.807) is 0 Å². The standard InChI is InChI=1S/C12H11BrF5NO2/c13-7-1-2-8(9(5-7)12(16,17)18)11(21)19(3-4-20)6-10(14)15/h1-2,5,10,20H,3-4,6H2. The Labute approximate surface area is 125 Å². The lowest BCUT2D eigenvalue weighted by atomic mass is 10.1. The monoisotopic (exact) mass is 375 g/mol. The van der Waals surface area contributed by atoms with Crippen molar-refractivity contribution < 1.29 is 31.9 Å². The third-order valence-electron chi connectivity index (χ3n) is 2.53. The van der Waals surface area contributed by atoms with Crippen LogP contribution in [0.4, 0.5) is 22.0 Å². The Morgan fingerprint density at radius 2 is 1.95 bits per heavy atom. The molecule has 0 aliphatic rings. The van der Waals surface area contributed by atoms with Gasteiger partial charge < -0.3 is 10.0 Å². The molecule has 1 amide bonds. The van der Waals surface area contributed by atoms with Crippen molar-refractivity contribution in [1.82, 2.24) is 4.90 Å². The van der Waals surface area contributed by atoms with Crippen molar-refractivity contribution in [2.75, 3.05) is 19.7 Å². The molecule has 0 spiro atoms. The minimum absolute atomic E-state index is 0.106. The Morgan fingerprint density at radius 3 is 2.43 bits per heavy atom. The first-order chi connectivity index (χ1) is 9.66. The lowest BCUT2D eigenvalue weighted by Crippen LogP contribution is -2.38. The summed E-state index contributed by atoms with van der Waals surface area (Å²) >= 11 is 2.86. The maximum Gasteiger partial charge on any atom is 0.417 e. The average Bonchev–Trinajstić information content (AvgIpc) is 2.36. The molecule has 0 atom stereocenters. The lowest BCUT2D eigenvalue weighted by molar-refractivity contribution is -0.138. The Balaban J connectivity index is 3.21. The first-order valence-corrected chi connectivity index (χ1v) is 6.51. The van der Waals surface area contributed by atoms with E-state index >= 15 is 0 Å². The number of carbonyl (C=O) groups is 1. The molecule has 0 radical (unpaired) electrons. The number of amides is 1. The van der Waals surface area contributed by atoms with Crippen LogP contribution in [0.2, 0.25) is 0 Å². The molecular formula is C12H11BrF5NO2.